The summed E-state index contributed by atoms with van der Waals surface area (Å²) in [6.07, 6.45) is -0.957. The summed E-state index contributed by atoms with van der Waals surface area (Å²) in [6, 6.07) is 4.22. The largest absolute Gasteiger partial charge is 0.486 e. The number of amides is 1. The van der Waals surface area contributed by atoms with Gasteiger partial charge < -0.3 is 20.3 Å². The lowest BCUT2D eigenvalue weighted by molar-refractivity contribution is -0.385. The highest BCUT2D eigenvalue weighted by Crippen LogP contribution is 2.34. The van der Waals surface area contributed by atoms with E-state index in [1.54, 1.807) is 20.8 Å². The molecule has 0 aliphatic carbocycles. The van der Waals surface area contributed by atoms with Crippen molar-refractivity contribution in [2.24, 2.45) is 5.73 Å². The van der Waals surface area contributed by atoms with E-state index in [0.717, 1.165) is 0 Å². The molecule has 1 aromatic carbocycles. The summed E-state index contributed by atoms with van der Waals surface area (Å²) >= 11 is 5.63. The molecule has 0 unspecified atom stereocenters. The van der Waals surface area contributed by atoms with Gasteiger partial charge in [0.15, 0.2) is 5.75 Å². The molecule has 0 atom stereocenters. The Balaban J connectivity index is 0.000000561. The second-order valence-electron chi connectivity index (χ2n) is 5.37. The zero-order valence-electron chi connectivity index (χ0n) is 13.4. The standard InChI is InChI=1S/C9H8ClNO5.C5H11NO2/c10-6-2-1-3-7(9(6)11(14)15)16-5-4-8(12)13;1-5(2,3)8-4(6)7/h1-3H,4-5H2,(H,12,13);1-3H3,(H2,6,7). The van der Waals surface area contributed by atoms with Crippen LogP contribution in [0.25, 0.3) is 0 Å². The quantitative estimate of drug-likeness (QED) is 0.605. The molecule has 134 valence electrons. The molecular weight excluding hydrogens is 344 g/mol. The highest BCUT2D eigenvalue weighted by Gasteiger charge is 2.19. The summed E-state index contributed by atoms with van der Waals surface area (Å²) in [4.78, 5) is 30.2. The monoisotopic (exact) mass is 362 g/mol. The Bertz CT molecular complexity index is 599. The van der Waals surface area contributed by atoms with Gasteiger partial charge in [0, 0.05) is 0 Å². The Kier molecular flexibility index (Phi) is 8.54. The van der Waals surface area contributed by atoms with Gasteiger partial charge in [-0.15, -0.1) is 0 Å². The molecule has 10 heteroatoms. The molecule has 0 radical (unpaired) electrons. The number of carboxylic acids is 1. The SMILES string of the molecule is CC(C)(C)OC(N)=O.O=C(O)CCOc1cccc(Cl)c1[N+](=O)[O-]. The average Bonchev–Trinajstić information content (AvgIpc) is 2.35. The summed E-state index contributed by atoms with van der Waals surface area (Å²) in [5.41, 5.74) is 3.91. The van der Waals surface area contributed by atoms with Gasteiger partial charge in [0.05, 0.1) is 18.0 Å². The molecule has 0 heterocycles. The zero-order chi connectivity index (χ0) is 18.9. The smallest absolute Gasteiger partial charge is 0.405 e. The molecule has 0 saturated carbocycles. The van der Waals surface area contributed by atoms with Crippen molar-refractivity contribution in [3.63, 3.8) is 0 Å². The van der Waals surface area contributed by atoms with Crippen molar-refractivity contribution in [2.75, 3.05) is 6.61 Å². The number of aliphatic carboxylic acids is 1. The number of carbonyl (C=O) groups excluding carboxylic acids is 1. The minimum atomic E-state index is -1.04. The normalized spacial score (nSPS) is 10.2. The molecule has 1 amide bonds. The van der Waals surface area contributed by atoms with Crippen LogP contribution in [0, 0.1) is 10.1 Å². The number of hydrogen-bond donors (Lipinski definition) is 2. The van der Waals surface area contributed by atoms with Crippen molar-refractivity contribution in [2.45, 2.75) is 32.8 Å². The maximum atomic E-state index is 10.7. The summed E-state index contributed by atoms with van der Waals surface area (Å²) in [5.74, 6) is -1.07. The van der Waals surface area contributed by atoms with Crippen LogP contribution < -0.4 is 10.5 Å². The highest BCUT2D eigenvalue weighted by atomic mass is 35.5. The molecule has 0 spiro atoms. The van der Waals surface area contributed by atoms with Crippen molar-refractivity contribution in [3.05, 3.63) is 33.3 Å². The first-order valence-corrected chi connectivity index (χ1v) is 7.07. The minimum Gasteiger partial charge on any atom is -0.486 e. The van der Waals surface area contributed by atoms with Gasteiger partial charge in [0.1, 0.15) is 10.6 Å². The number of carboxylic acid groups (broad SMARTS) is 1. The topological polar surface area (TPSA) is 142 Å². The number of rotatable bonds is 5. The maximum Gasteiger partial charge on any atom is 0.405 e. The van der Waals surface area contributed by atoms with Gasteiger partial charge in [0.25, 0.3) is 0 Å². The van der Waals surface area contributed by atoms with Crippen molar-refractivity contribution < 1.29 is 29.1 Å². The van der Waals surface area contributed by atoms with Crippen LogP contribution in [0.2, 0.25) is 5.02 Å². The lowest BCUT2D eigenvalue weighted by Gasteiger charge is -2.16. The molecule has 1 rings (SSSR count). The molecule has 0 bridgehead atoms. The van der Waals surface area contributed by atoms with Crippen LogP contribution in [0.4, 0.5) is 10.5 Å². The van der Waals surface area contributed by atoms with E-state index >= 15 is 0 Å². The summed E-state index contributed by atoms with van der Waals surface area (Å²) in [7, 11) is 0. The fourth-order valence-electron chi connectivity index (χ4n) is 1.34. The van der Waals surface area contributed by atoms with Crippen LogP contribution in [0.15, 0.2) is 18.2 Å². The molecule has 0 saturated heterocycles. The van der Waals surface area contributed by atoms with E-state index in [4.69, 9.17) is 27.2 Å². The number of nitro benzene ring substituents is 1. The Morgan fingerprint density at radius 2 is 1.96 bits per heavy atom. The number of benzene rings is 1. The zero-order valence-corrected chi connectivity index (χ0v) is 14.2. The average molecular weight is 363 g/mol. The number of nitrogens with zero attached hydrogens (tertiary/aromatic N) is 1. The molecule has 3 N–H and O–H groups in total. The third-order valence-corrected chi connectivity index (χ3v) is 2.42. The lowest BCUT2D eigenvalue weighted by atomic mass is 10.2. The third-order valence-electron chi connectivity index (χ3n) is 2.11. The predicted molar refractivity (Wildman–Crippen MR) is 86.3 cm³/mol. The molecule has 24 heavy (non-hydrogen) atoms. The molecule has 0 fully saturated rings. The number of primary amides is 1. The van der Waals surface area contributed by atoms with Crippen LogP contribution in [0.1, 0.15) is 27.2 Å². The maximum absolute atomic E-state index is 10.7. The Morgan fingerprint density at radius 3 is 2.33 bits per heavy atom. The van der Waals surface area contributed by atoms with Gasteiger partial charge in [-0.1, -0.05) is 17.7 Å². The van der Waals surface area contributed by atoms with Gasteiger partial charge in [-0.25, -0.2) is 4.79 Å². The number of halogens is 1. The summed E-state index contributed by atoms with van der Waals surface area (Å²) in [6.45, 7) is 5.14. The summed E-state index contributed by atoms with van der Waals surface area (Å²) in [5, 5.41) is 19.0. The highest BCUT2D eigenvalue weighted by molar-refractivity contribution is 6.32. The molecular formula is C14H19ClN2O7. The van der Waals surface area contributed by atoms with E-state index in [2.05, 4.69) is 4.74 Å². The Labute approximate surface area is 143 Å². The number of ether oxygens (including phenoxy) is 2. The van der Waals surface area contributed by atoms with Crippen LogP contribution in [-0.2, 0) is 9.53 Å². The number of hydrogen-bond acceptors (Lipinski definition) is 6. The van der Waals surface area contributed by atoms with Crippen LogP contribution >= 0.6 is 11.6 Å². The van der Waals surface area contributed by atoms with Gasteiger partial charge in [-0.2, -0.15) is 0 Å². The van der Waals surface area contributed by atoms with Crippen molar-refractivity contribution in [3.8, 4) is 5.75 Å². The van der Waals surface area contributed by atoms with Gasteiger partial charge in [-0.05, 0) is 32.9 Å². The summed E-state index contributed by atoms with van der Waals surface area (Å²) < 4.78 is 9.56. The van der Waals surface area contributed by atoms with Crippen LogP contribution in [-0.4, -0.2) is 34.3 Å². The third kappa shape index (κ3) is 9.46. The molecule has 0 aliphatic rings. The molecule has 0 aliphatic heterocycles. The van der Waals surface area contributed by atoms with Gasteiger partial charge in [-0.3, -0.25) is 14.9 Å². The van der Waals surface area contributed by atoms with E-state index in [1.807, 2.05) is 0 Å². The first-order valence-electron chi connectivity index (χ1n) is 6.70. The first kappa shape index (κ1) is 21.4. The van der Waals surface area contributed by atoms with Crippen LogP contribution in [0.5, 0.6) is 5.75 Å². The van der Waals surface area contributed by atoms with Crippen molar-refractivity contribution >= 4 is 29.4 Å². The minimum absolute atomic E-state index is 0.0289. The van der Waals surface area contributed by atoms with E-state index < -0.39 is 22.6 Å². The number of nitro groups is 1. The van der Waals surface area contributed by atoms with E-state index in [0.29, 0.717) is 0 Å². The van der Waals surface area contributed by atoms with E-state index in [-0.39, 0.29) is 29.5 Å². The number of para-hydroxylation sites is 1. The van der Waals surface area contributed by atoms with Crippen LogP contribution in [0.3, 0.4) is 0 Å². The molecule has 0 aromatic heterocycles. The second-order valence-corrected chi connectivity index (χ2v) is 5.78. The molecule has 1 aromatic rings. The van der Waals surface area contributed by atoms with Gasteiger partial charge in [0.2, 0.25) is 0 Å². The Morgan fingerprint density at radius 1 is 1.38 bits per heavy atom. The fourth-order valence-corrected chi connectivity index (χ4v) is 1.57. The fraction of sp³-hybridized carbons (Fsp3) is 0.429. The van der Waals surface area contributed by atoms with Crippen molar-refractivity contribution in [1.82, 2.24) is 0 Å². The van der Waals surface area contributed by atoms with E-state index in [9.17, 15) is 19.7 Å². The number of nitrogens with two attached hydrogens (primary N) is 1. The second kappa shape index (κ2) is 9.56. The van der Waals surface area contributed by atoms with Crippen molar-refractivity contribution in [1.29, 1.82) is 0 Å². The predicted octanol–water partition coefficient (Wildman–Crippen LogP) is 2.98. The Hall–Kier alpha value is -2.55. The first-order chi connectivity index (χ1) is 10.9. The van der Waals surface area contributed by atoms with Gasteiger partial charge >= 0.3 is 17.7 Å². The van der Waals surface area contributed by atoms with E-state index in [1.165, 1.54) is 18.2 Å². The molecule has 9 nitrogen and oxygen atoms in total. The number of carbonyl (C=O) groups is 2. The lowest BCUT2D eigenvalue weighted by Crippen LogP contribution is -2.27.